The number of aliphatic carboxylic acids is 1. The van der Waals surface area contributed by atoms with Crippen LogP contribution in [0.3, 0.4) is 0 Å². The lowest BCUT2D eigenvalue weighted by atomic mass is 10.1. The van der Waals surface area contributed by atoms with Crippen molar-refractivity contribution in [1.29, 1.82) is 0 Å². The summed E-state index contributed by atoms with van der Waals surface area (Å²) in [5.74, 6) is 0.190. The molecular weight excluding hydrogens is 254 g/mol. The molecule has 4 nitrogen and oxygen atoms in total. The highest BCUT2D eigenvalue weighted by Gasteiger charge is 2.21. The van der Waals surface area contributed by atoms with Gasteiger partial charge in [0.15, 0.2) is 0 Å². The zero-order valence-corrected chi connectivity index (χ0v) is 12.3. The Kier molecular flexibility index (Phi) is 5.01. The maximum absolute atomic E-state index is 10.6. The molecule has 1 atom stereocenters. The van der Waals surface area contributed by atoms with E-state index in [2.05, 4.69) is 36.9 Å². The van der Waals surface area contributed by atoms with Crippen LogP contribution in [0.25, 0.3) is 0 Å². The van der Waals surface area contributed by atoms with E-state index >= 15 is 0 Å². The predicted octanol–water partition coefficient (Wildman–Crippen LogP) is 2.62. The first-order chi connectivity index (χ1) is 9.52. The Morgan fingerprint density at radius 3 is 2.70 bits per heavy atom. The number of aryl methyl sites for hydroxylation is 2. The first kappa shape index (κ1) is 14.9. The number of nitrogens with zero attached hydrogens (tertiary/aromatic N) is 1. The lowest BCUT2D eigenvalue weighted by molar-refractivity contribution is -0.137. The van der Waals surface area contributed by atoms with Crippen molar-refractivity contribution in [3.05, 3.63) is 29.3 Å². The number of carboxylic acids is 1. The van der Waals surface area contributed by atoms with Gasteiger partial charge in [0.25, 0.3) is 0 Å². The molecule has 1 N–H and O–H groups in total. The Bertz CT molecular complexity index is 453. The zero-order valence-electron chi connectivity index (χ0n) is 12.3. The van der Waals surface area contributed by atoms with Crippen LogP contribution >= 0.6 is 0 Å². The van der Waals surface area contributed by atoms with Crippen molar-refractivity contribution in [2.24, 2.45) is 0 Å². The highest BCUT2D eigenvalue weighted by Crippen LogP contribution is 2.21. The molecule has 0 aromatic heterocycles. The molecule has 1 aliphatic rings. The van der Waals surface area contributed by atoms with Crippen LogP contribution in [0.15, 0.2) is 18.2 Å². The lowest BCUT2D eigenvalue weighted by Gasteiger charge is -2.32. The summed E-state index contributed by atoms with van der Waals surface area (Å²) in [5, 5.41) is 8.75. The van der Waals surface area contributed by atoms with Crippen molar-refractivity contribution in [1.82, 2.24) is 4.90 Å². The Labute approximate surface area is 120 Å². The smallest absolute Gasteiger partial charge is 0.304 e. The van der Waals surface area contributed by atoms with Crippen LogP contribution in [0.4, 0.5) is 0 Å². The summed E-state index contributed by atoms with van der Waals surface area (Å²) in [6.45, 7) is 6.54. The van der Waals surface area contributed by atoms with E-state index in [1.54, 1.807) is 0 Å². The minimum absolute atomic E-state index is 0.166. The van der Waals surface area contributed by atoms with E-state index < -0.39 is 5.97 Å². The van der Waals surface area contributed by atoms with Gasteiger partial charge in [-0.1, -0.05) is 6.07 Å². The van der Waals surface area contributed by atoms with E-state index in [1.807, 2.05) is 0 Å². The molecule has 1 aliphatic heterocycles. The first-order valence-corrected chi connectivity index (χ1v) is 7.22. The first-order valence-electron chi connectivity index (χ1n) is 7.22. The van der Waals surface area contributed by atoms with Gasteiger partial charge in [-0.2, -0.15) is 0 Å². The summed E-state index contributed by atoms with van der Waals surface area (Å²) < 4.78 is 6.06. The molecule has 0 radical (unpaired) electrons. The van der Waals surface area contributed by atoms with Crippen LogP contribution in [0, 0.1) is 13.8 Å². The van der Waals surface area contributed by atoms with Crippen LogP contribution in [-0.4, -0.2) is 41.7 Å². The highest BCUT2D eigenvalue weighted by molar-refractivity contribution is 5.66. The third-order valence-electron chi connectivity index (χ3n) is 3.60. The second-order valence-electron chi connectivity index (χ2n) is 5.65. The largest absolute Gasteiger partial charge is 0.489 e. The molecule has 0 bridgehead atoms. The monoisotopic (exact) mass is 277 g/mol. The van der Waals surface area contributed by atoms with Crippen LogP contribution in [-0.2, 0) is 4.79 Å². The van der Waals surface area contributed by atoms with Crippen molar-refractivity contribution in [3.8, 4) is 5.75 Å². The van der Waals surface area contributed by atoms with Gasteiger partial charge in [0.2, 0.25) is 0 Å². The second-order valence-corrected chi connectivity index (χ2v) is 5.65. The molecule has 4 heteroatoms. The van der Waals surface area contributed by atoms with Crippen molar-refractivity contribution in [3.63, 3.8) is 0 Å². The van der Waals surface area contributed by atoms with Crippen LogP contribution < -0.4 is 4.74 Å². The summed E-state index contributed by atoms with van der Waals surface area (Å²) in [6.07, 6.45) is 2.47. The Morgan fingerprint density at radius 2 is 2.05 bits per heavy atom. The third-order valence-corrected chi connectivity index (χ3v) is 3.60. The normalized spacial score (nSPS) is 19.8. The van der Waals surface area contributed by atoms with Gasteiger partial charge in [-0.25, -0.2) is 0 Å². The molecule has 1 saturated heterocycles. The topological polar surface area (TPSA) is 49.8 Å². The lowest BCUT2D eigenvalue weighted by Crippen LogP contribution is -2.41. The third kappa shape index (κ3) is 4.53. The fraction of sp³-hybridized carbons (Fsp3) is 0.562. The fourth-order valence-electron chi connectivity index (χ4n) is 2.76. The summed E-state index contributed by atoms with van der Waals surface area (Å²) in [6, 6.07) is 6.25. The second kappa shape index (κ2) is 6.75. The van der Waals surface area contributed by atoms with Gasteiger partial charge >= 0.3 is 5.97 Å². The number of ether oxygens (including phenoxy) is 1. The Morgan fingerprint density at radius 1 is 1.35 bits per heavy atom. The van der Waals surface area contributed by atoms with Crippen molar-refractivity contribution in [2.75, 3.05) is 19.6 Å². The molecule has 110 valence electrons. The number of hydrogen-bond donors (Lipinski definition) is 1. The van der Waals surface area contributed by atoms with Crippen LogP contribution in [0.2, 0.25) is 0 Å². The van der Waals surface area contributed by atoms with Crippen LogP contribution in [0.1, 0.15) is 30.4 Å². The molecule has 20 heavy (non-hydrogen) atoms. The standard InChI is InChI=1S/C16H23NO3/c1-12-8-13(2)10-15(9-12)20-14-4-3-6-17(11-14)7-5-16(18)19/h8-10,14H,3-7,11H2,1-2H3,(H,18,19). The molecule has 1 aromatic rings. The maximum Gasteiger partial charge on any atom is 0.304 e. The number of hydrogen-bond acceptors (Lipinski definition) is 3. The fourth-order valence-corrected chi connectivity index (χ4v) is 2.76. The molecular formula is C16H23NO3. The number of likely N-dealkylation sites (tertiary alicyclic amines) is 1. The summed E-state index contributed by atoms with van der Waals surface area (Å²) in [5.41, 5.74) is 2.41. The SMILES string of the molecule is Cc1cc(C)cc(OC2CCCN(CCC(=O)O)C2)c1. The van der Waals surface area contributed by atoms with Crippen molar-refractivity contribution in [2.45, 2.75) is 39.2 Å². The van der Waals surface area contributed by atoms with Gasteiger partial charge in [0.1, 0.15) is 11.9 Å². The number of rotatable bonds is 5. The van der Waals surface area contributed by atoms with E-state index in [9.17, 15) is 4.79 Å². The minimum Gasteiger partial charge on any atom is -0.489 e. The number of benzene rings is 1. The van der Waals surface area contributed by atoms with Gasteiger partial charge < -0.3 is 9.84 Å². The minimum atomic E-state index is -0.734. The molecule has 1 heterocycles. The highest BCUT2D eigenvalue weighted by atomic mass is 16.5. The molecule has 0 spiro atoms. The Balaban J connectivity index is 1.90. The summed E-state index contributed by atoms with van der Waals surface area (Å²) >= 11 is 0. The van der Waals surface area contributed by atoms with Gasteiger partial charge in [0, 0.05) is 13.1 Å². The van der Waals surface area contributed by atoms with E-state index in [0.29, 0.717) is 6.54 Å². The van der Waals surface area contributed by atoms with Gasteiger partial charge in [-0.05, 0) is 56.5 Å². The molecule has 1 fully saturated rings. The average Bonchev–Trinajstić information content (AvgIpc) is 2.35. The van der Waals surface area contributed by atoms with E-state index in [4.69, 9.17) is 9.84 Å². The quantitative estimate of drug-likeness (QED) is 0.899. The zero-order chi connectivity index (χ0) is 14.5. The van der Waals surface area contributed by atoms with Crippen molar-refractivity contribution >= 4 is 5.97 Å². The number of piperidine rings is 1. The van der Waals surface area contributed by atoms with E-state index in [1.165, 1.54) is 11.1 Å². The van der Waals surface area contributed by atoms with Gasteiger partial charge in [0.05, 0.1) is 6.42 Å². The average molecular weight is 277 g/mol. The predicted molar refractivity (Wildman–Crippen MR) is 78.3 cm³/mol. The molecule has 2 rings (SSSR count). The molecule has 0 saturated carbocycles. The Hall–Kier alpha value is -1.55. The van der Waals surface area contributed by atoms with E-state index in [0.717, 1.165) is 31.7 Å². The van der Waals surface area contributed by atoms with Gasteiger partial charge in [-0.15, -0.1) is 0 Å². The summed E-state index contributed by atoms with van der Waals surface area (Å²) in [7, 11) is 0. The van der Waals surface area contributed by atoms with Crippen LogP contribution in [0.5, 0.6) is 5.75 Å². The van der Waals surface area contributed by atoms with E-state index in [-0.39, 0.29) is 12.5 Å². The molecule has 1 unspecified atom stereocenters. The molecule has 0 amide bonds. The van der Waals surface area contributed by atoms with Crippen molar-refractivity contribution < 1.29 is 14.6 Å². The summed E-state index contributed by atoms with van der Waals surface area (Å²) in [4.78, 5) is 12.8. The number of carbonyl (C=O) groups is 1. The number of carboxylic acid groups (broad SMARTS) is 1. The molecule has 1 aromatic carbocycles. The maximum atomic E-state index is 10.6. The molecule has 0 aliphatic carbocycles. The van der Waals surface area contributed by atoms with Gasteiger partial charge in [-0.3, -0.25) is 9.69 Å².